The Bertz CT molecular complexity index is 238. The molecule has 0 aromatic carbocycles. The van der Waals surface area contributed by atoms with Gasteiger partial charge in [0.15, 0.2) is 0 Å². The molecule has 0 radical (unpaired) electrons. The number of hydrogen-bond donors (Lipinski definition) is 0. The van der Waals surface area contributed by atoms with Crippen molar-refractivity contribution in [3.8, 4) is 0 Å². The van der Waals surface area contributed by atoms with Crippen LogP contribution in [0.5, 0.6) is 0 Å². The van der Waals surface area contributed by atoms with E-state index in [9.17, 15) is 0 Å². The van der Waals surface area contributed by atoms with Gasteiger partial charge in [0.1, 0.15) is 11.4 Å². The Balaban J connectivity index is 4.92. The number of hydrogen-bond acceptors (Lipinski definition) is 1. The first-order valence-corrected chi connectivity index (χ1v) is 5.12. The molecule has 1 nitrogen and oxygen atoms in total. The van der Waals surface area contributed by atoms with Crippen molar-refractivity contribution in [3.05, 3.63) is 36.1 Å². The molecule has 0 aliphatic rings. The molecule has 0 N–H and O–H groups in total. The SMILES string of the molecule is C=C/C(CC)=C(\C=C/C)OC(C)(C)C. The van der Waals surface area contributed by atoms with E-state index in [0.29, 0.717) is 0 Å². The maximum Gasteiger partial charge on any atom is 0.122 e. The van der Waals surface area contributed by atoms with Gasteiger partial charge in [-0.3, -0.25) is 0 Å². The van der Waals surface area contributed by atoms with E-state index in [2.05, 4.69) is 13.5 Å². The third-order valence-electron chi connectivity index (χ3n) is 1.68. The molecule has 0 saturated heterocycles. The number of ether oxygens (including phenoxy) is 1. The van der Waals surface area contributed by atoms with Gasteiger partial charge in [-0.2, -0.15) is 0 Å². The van der Waals surface area contributed by atoms with Crippen LogP contribution in [0.3, 0.4) is 0 Å². The summed E-state index contributed by atoms with van der Waals surface area (Å²) >= 11 is 0. The van der Waals surface area contributed by atoms with Crippen molar-refractivity contribution in [1.82, 2.24) is 0 Å². The van der Waals surface area contributed by atoms with E-state index in [1.54, 1.807) is 0 Å². The van der Waals surface area contributed by atoms with Gasteiger partial charge < -0.3 is 4.74 Å². The van der Waals surface area contributed by atoms with Crippen LogP contribution < -0.4 is 0 Å². The lowest BCUT2D eigenvalue weighted by Gasteiger charge is -2.23. The molecule has 0 saturated carbocycles. The summed E-state index contributed by atoms with van der Waals surface area (Å²) in [6.07, 6.45) is 6.78. The van der Waals surface area contributed by atoms with Crippen LogP contribution in [-0.4, -0.2) is 5.60 Å². The van der Waals surface area contributed by atoms with E-state index in [1.807, 2.05) is 45.9 Å². The zero-order valence-electron chi connectivity index (χ0n) is 10.1. The fourth-order valence-electron chi connectivity index (χ4n) is 1.11. The summed E-state index contributed by atoms with van der Waals surface area (Å²) in [7, 11) is 0. The quantitative estimate of drug-likeness (QED) is 0.481. The minimum atomic E-state index is -0.154. The van der Waals surface area contributed by atoms with Gasteiger partial charge in [0.2, 0.25) is 0 Å². The van der Waals surface area contributed by atoms with Gasteiger partial charge in [-0.15, -0.1) is 0 Å². The molecule has 0 unspecified atom stereocenters. The highest BCUT2D eigenvalue weighted by Crippen LogP contribution is 2.20. The van der Waals surface area contributed by atoms with E-state index in [0.717, 1.165) is 17.8 Å². The monoisotopic (exact) mass is 194 g/mol. The van der Waals surface area contributed by atoms with Crippen molar-refractivity contribution in [2.45, 2.75) is 46.6 Å². The van der Waals surface area contributed by atoms with Crippen molar-refractivity contribution in [3.63, 3.8) is 0 Å². The normalized spacial score (nSPS) is 14.1. The van der Waals surface area contributed by atoms with Gasteiger partial charge in [-0.25, -0.2) is 0 Å². The summed E-state index contributed by atoms with van der Waals surface area (Å²) in [5.41, 5.74) is 0.996. The Morgan fingerprint density at radius 3 is 2.21 bits per heavy atom. The van der Waals surface area contributed by atoms with E-state index in [1.165, 1.54) is 0 Å². The fourth-order valence-corrected chi connectivity index (χ4v) is 1.11. The minimum Gasteiger partial charge on any atom is -0.488 e. The van der Waals surface area contributed by atoms with Gasteiger partial charge in [0, 0.05) is 0 Å². The standard InChI is InChI=1S/C13H22O/c1-7-10-12(11(8-2)9-3)14-13(4,5)6/h7-8,10H,2,9H2,1,3-6H3/b10-7-,12-11-. The van der Waals surface area contributed by atoms with Crippen LogP contribution in [0.2, 0.25) is 0 Å². The maximum atomic E-state index is 5.84. The van der Waals surface area contributed by atoms with Gasteiger partial charge in [0.25, 0.3) is 0 Å². The molecule has 0 aromatic rings. The van der Waals surface area contributed by atoms with E-state index in [4.69, 9.17) is 4.74 Å². The molecule has 0 amide bonds. The zero-order valence-corrected chi connectivity index (χ0v) is 10.1. The van der Waals surface area contributed by atoms with Gasteiger partial charge in [0.05, 0.1) is 0 Å². The third kappa shape index (κ3) is 4.90. The van der Waals surface area contributed by atoms with Crippen molar-refractivity contribution >= 4 is 0 Å². The molecule has 0 spiro atoms. The summed E-state index contributed by atoms with van der Waals surface area (Å²) in [5, 5.41) is 0. The lowest BCUT2D eigenvalue weighted by atomic mass is 10.1. The van der Waals surface area contributed by atoms with Crippen molar-refractivity contribution in [1.29, 1.82) is 0 Å². The summed E-state index contributed by atoms with van der Waals surface area (Å²) in [5.74, 6) is 0.928. The minimum absolute atomic E-state index is 0.154. The van der Waals surface area contributed by atoms with E-state index >= 15 is 0 Å². The Kier molecular flexibility index (Phi) is 5.29. The Labute approximate surface area is 88.2 Å². The molecule has 80 valence electrons. The van der Waals surface area contributed by atoms with E-state index in [-0.39, 0.29) is 5.60 Å². The smallest absolute Gasteiger partial charge is 0.122 e. The topological polar surface area (TPSA) is 9.23 Å². The zero-order chi connectivity index (χ0) is 11.2. The average Bonchev–Trinajstić information content (AvgIpc) is 2.04. The molecule has 0 rings (SSSR count). The summed E-state index contributed by atoms with van der Waals surface area (Å²) in [6, 6.07) is 0. The number of allylic oxidation sites excluding steroid dienone is 4. The van der Waals surface area contributed by atoms with Crippen LogP contribution in [0.25, 0.3) is 0 Å². The molecular weight excluding hydrogens is 172 g/mol. The van der Waals surface area contributed by atoms with Gasteiger partial charge in [-0.05, 0) is 45.8 Å². The molecule has 0 aromatic heterocycles. The Hall–Kier alpha value is -0.980. The highest BCUT2D eigenvalue weighted by atomic mass is 16.5. The molecule has 0 atom stereocenters. The first kappa shape index (κ1) is 13.0. The van der Waals surface area contributed by atoms with Crippen LogP contribution >= 0.6 is 0 Å². The highest BCUT2D eigenvalue weighted by Gasteiger charge is 2.13. The lowest BCUT2D eigenvalue weighted by Crippen LogP contribution is -2.18. The predicted molar refractivity (Wildman–Crippen MR) is 63.2 cm³/mol. The van der Waals surface area contributed by atoms with Crippen LogP contribution in [0.1, 0.15) is 41.0 Å². The molecular formula is C13H22O. The van der Waals surface area contributed by atoms with Crippen LogP contribution in [0, 0.1) is 0 Å². The second kappa shape index (κ2) is 5.69. The molecule has 0 fully saturated rings. The molecule has 0 heterocycles. The van der Waals surface area contributed by atoms with E-state index < -0.39 is 0 Å². The summed E-state index contributed by atoms with van der Waals surface area (Å²) in [6.45, 7) is 14.0. The summed E-state index contributed by atoms with van der Waals surface area (Å²) < 4.78 is 5.84. The van der Waals surface area contributed by atoms with Crippen LogP contribution in [0.4, 0.5) is 0 Å². The van der Waals surface area contributed by atoms with Crippen molar-refractivity contribution < 1.29 is 4.74 Å². The van der Waals surface area contributed by atoms with Crippen LogP contribution in [-0.2, 0) is 4.74 Å². The molecule has 0 aliphatic heterocycles. The first-order chi connectivity index (χ1) is 6.44. The Morgan fingerprint density at radius 2 is 1.93 bits per heavy atom. The van der Waals surface area contributed by atoms with Gasteiger partial charge >= 0.3 is 0 Å². The maximum absolute atomic E-state index is 5.84. The van der Waals surface area contributed by atoms with Crippen molar-refractivity contribution in [2.24, 2.45) is 0 Å². The largest absolute Gasteiger partial charge is 0.488 e. The second-order valence-corrected chi connectivity index (χ2v) is 4.16. The predicted octanol–water partition coefficient (Wildman–Crippen LogP) is 4.23. The highest BCUT2D eigenvalue weighted by molar-refractivity contribution is 5.27. The Morgan fingerprint density at radius 1 is 1.36 bits per heavy atom. The van der Waals surface area contributed by atoms with Gasteiger partial charge in [-0.1, -0.05) is 25.7 Å². The lowest BCUT2D eigenvalue weighted by molar-refractivity contribution is 0.0582. The molecule has 1 heteroatoms. The first-order valence-electron chi connectivity index (χ1n) is 5.12. The van der Waals surface area contributed by atoms with Crippen molar-refractivity contribution in [2.75, 3.05) is 0 Å². The van der Waals surface area contributed by atoms with Crippen LogP contribution in [0.15, 0.2) is 36.1 Å². The average molecular weight is 194 g/mol. The molecule has 14 heavy (non-hydrogen) atoms. The number of rotatable bonds is 4. The molecule has 0 bridgehead atoms. The summed E-state index contributed by atoms with van der Waals surface area (Å²) in [4.78, 5) is 0. The molecule has 0 aliphatic carbocycles. The second-order valence-electron chi connectivity index (χ2n) is 4.16. The fraction of sp³-hybridized carbons (Fsp3) is 0.538. The third-order valence-corrected chi connectivity index (χ3v) is 1.68.